The summed E-state index contributed by atoms with van der Waals surface area (Å²) in [5.41, 5.74) is 5.93. The lowest BCUT2D eigenvalue weighted by Gasteiger charge is -2.07. The predicted octanol–water partition coefficient (Wildman–Crippen LogP) is 5.25. The van der Waals surface area contributed by atoms with E-state index in [1.807, 2.05) is 66.9 Å². The highest BCUT2D eigenvalue weighted by atomic mass is 32.1. The normalized spacial score (nSPS) is 11.0. The van der Waals surface area contributed by atoms with E-state index in [2.05, 4.69) is 12.2 Å². The summed E-state index contributed by atoms with van der Waals surface area (Å²) in [5.74, 6) is 0.702. The molecule has 0 fully saturated rings. The standard InChI is InChI=1S/C22H21N3O2S/c1-13-5-8-17(11-14(13)2)23-21(26)20-15(3)25-12-19(24-22(25)28-20)16-6-9-18(27-4)10-7-16/h5-12H,1-4H3,(H,23,26). The summed E-state index contributed by atoms with van der Waals surface area (Å²) >= 11 is 1.40. The van der Waals surface area contributed by atoms with Gasteiger partial charge in [-0.2, -0.15) is 0 Å². The van der Waals surface area contributed by atoms with Crippen molar-refractivity contribution in [2.24, 2.45) is 0 Å². The molecule has 28 heavy (non-hydrogen) atoms. The van der Waals surface area contributed by atoms with E-state index >= 15 is 0 Å². The number of benzene rings is 2. The van der Waals surface area contributed by atoms with Crippen molar-refractivity contribution in [3.8, 4) is 17.0 Å². The van der Waals surface area contributed by atoms with Gasteiger partial charge in [0, 0.05) is 23.1 Å². The summed E-state index contributed by atoms with van der Waals surface area (Å²) in [6.07, 6.45) is 1.97. The first kappa shape index (κ1) is 18.3. The number of imidazole rings is 1. The zero-order valence-electron chi connectivity index (χ0n) is 16.2. The number of amides is 1. The van der Waals surface area contributed by atoms with Crippen LogP contribution in [-0.2, 0) is 0 Å². The van der Waals surface area contributed by atoms with Gasteiger partial charge in [-0.15, -0.1) is 0 Å². The lowest BCUT2D eigenvalue weighted by Crippen LogP contribution is -2.12. The third kappa shape index (κ3) is 3.27. The van der Waals surface area contributed by atoms with E-state index in [1.54, 1.807) is 7.11 Å². The molecule has 5 nitrogen and oxygen atoms in total. The van der Waals surface area contributed by atoms with Gasteiger partial charge in [-0.05, 0) is 68.3 Å². The molecule has 2 aromatic carbocycles. The van der Waals surface area contributed by atoms with Crippen molar-refractivity contribution in [1.29, 1.82) is 0 Å². The Bertz CT molecular complexity index is 1170. The van der Waals surface area contributed by atoms with Crippen molar-refractivity contribution in [2.75, 3.05) is 12.4 Å². The molecule has 0 saturated carbocycles. The molecule has 0 saturated heterocycles. The number of nitrogens with zero attached hydrogens (tertiary/aromatic N) is 2. The van der Waals surface area contributed by atoms with E-state index < -0.39 is 0 Å². The average Bonchev–Trinajstić information content (AvgIpc) is 3.24. The first-order valence-electron chi connectivity index (χ1n) is 8.98. The van der Waals surface area contributed by atoms with Gasteiger partial charge >= 0.3 is 0 Å². The van der Waals surface area contributed by atoms with Gasteiger partial charge in [-0.25, -0.2) is 4.98 Å². The van der Waals surface area contributed by atoms with Crippen LogP contribution in [0.5, 0.6) is 5.75 Å². The SMILES string of the molecule is COc1ccc(-c2cn3c(C)c(C(=O)Nc4ccc(C)c(C)c4)sc3n2)cc1. The largest absolute Gasteiger partial charge is 0.497 e. The highest BCUT2D eigenvalue weighted by Gasteiger charge is 2.18. The summed E-state index contributed by atoms with van der Waals surface area (Å²) in [5, 5.41) is 2.99. The minimum atomic E-state index is -0.109. The second-order valence-electron chi connectivity index (χ2n) is 6.78. The van der Waals surface area contributed by atoms with Gasteiger partial charge in [-0.3, -0.25) is 9.20 Å². The number of anilines is 1. The van der Waals surface area contributed by atoms with Crippen molar-refractivity contribution in [1.82, 2.24) is 9.38 Å². The van der Waals surface area contributed by atoms with Crippen LogP contribution in [0, 0.1) is 20.8 Å². The molecule has 0 aliphatic heterocycles. The molecule has 4 aromatic rings. The molecule has 1 amide bonds. The number of carbonyl (C=O) groups is 1. The summed E-state index contributed by atoms with van der Waals surface area (Å²) in [6, 6.07) is 13.7. The van der Waals surface area contributed by atoms with Crippen molar-refractivity contribution < 1.29 is 9.53 Å². The van der Waals surface area contributed by atoms with Gasteiger partial charge in [-0.1, -0.05) is 17.4 Å². The van der Waals surface area contributed by atoms with Gasteiger partial charge in [0.15, 0.2) is 4.96 Å². The number of nitrogens with one attached hydrogen (secondary N) is 1. The molecule has 0 radical (unpaired) electrons. The topological polar surface area (TPSA) is 55.6 Å². The Kier molecular flexibility index (Phi) is 4.65. The number of aryl methyl sites for hydroxylation is 3. The van der Waals surface area contributed by atoms with Crippen LogP contribution in [0.1, 0.15) is 26.5 Å². The van der Waals surface area contributed by atoms with Gasteiger partial charge in [0.25, 0.3) is 5.91 Å². The van der Waals surface area contributed by atoms with Crippen molar-refractivity contribution in [3.63, 3.8) is 0 Å². The number of methoxy groups -OCH3 is 1. The van der Waals surface area contributed by atoms with Crippen molar-refractivity contribution in [3.05, 3.63) is 70.4 Å². The maximum atomic E-state index is 12.8. The van der Waals surface area contributed by atoms with Crippen LogP contribution in [-0.4, -0.2) is 22.4 Å². The Morgan fingerprint density at radius 1 is 1.07 bits per heavy atom. The van der Waals surface area contributed by atoms with Crippen LogP contribution in [0.4, 0.5) is 5.69 Å². The molecule has 0 spiro atoms. The molecule has 4 rings (SSSR count). The molecule has 6 heteroatoms. The predicted molar refractivity (Wildman–Crippen MR) is 114 cm³/mol. The fourth-order valence-electron chi connectivity index (χ4n) is 3.07. The second-order valence-corrected chi connectivity index (χ2v) is 7.75. The van der Waals surface area contributed by atoms with E-state index in [-0.39, 0.29) is 5.91 Å². The summed E-state index contributed by atoms with van der Waals surface area (Å²) in [6.45, 7) is 6.04. The number of hydrogen-bond donors (Lipinski definition) is 1. The quantitative estimate of drug-likeness (QED) is 0.517. The molecule has 2 aromatic heterocycles. The molecule has 0 unspecified atom stereocenters. The summed E-state index contributed by atoms with van der Waals surface area (Å²) in [4.78, 5) is 18.9. The van der Waals surface area contributed by atoms with Crippen LogP contribution < -0.4 is 10.1 Å². The molecule has 1 N–H and O–H groups in total. The molecule has 142 valence electrons. The lowest BCUT2D eigenvalue weighted by atomic mass is 10.1. The van der Waals surface area contributed by atoms with E-state index in [1.165, 1.54) is 16.9 Å². The molecular formula is C22H21N3O2S. The number of hydrogen-bond acceptors (Lipinski definition) is 4. The molecule has 0 aliphatic rings. The van der Waals surface area contributed by atoms with E-state index in [0.29, 0.717) is 4.88 Å². The average molecular weight is 391 g/mol. The Balaban J connectivity index is 1.61. The van der Waals surface area contributed by atoms with Gasteiger partial charge in [0.2, 0.25) is 0 Å². The van der Waals surface area contributed by atoms with Crippen LogP contribution in [0.2, 0.25) is 0 Å². The summed E-state index contributed by atoms with van der Waals surface area (Å²) in [7, 11) is 1.65. The number of rotatable bonds is 4. The molecule has 0 aliphatic carbocycles. The third-order valence-corrected chi connectivity index (χ3v) is 6.07. The number of thiazole rings is 1. The lowest BCUT2D eigenvalue weighted by molar-refractivity contribution is 0.102. The maximum Gasteiger partial charge on any atom is 0.267 e. The Morgan fingerprint density at radius 2 is 1.82 bits per heavy atom. The Morgan fingerprint density at radius 3 is 2.46 bits per heavy atom. The van der Waals surface area contributed by atoms with Gasteiger partial charge in [0.05, 0.1) is 12.8 Å². The second kappa shape index (κ2) is 7.13. The van der Waals surface area contributed by atoms with Crippen molar-refractivity contribution >= 4 is 27.9 Å². The fraction of sp³-hybridized carbons (Fsp3) is 0.182. The maximum absolute atomic E-state index is 12.8. The van der Waals surface area contributed by atoms with Crippen molar-refractivity contribution in [2.45, 2.75) is 20.8 Å². The number of ether oxygens (including phenoxy) is 1. The minimum Gasteiger partial charge on any atom is -0.497 e. The zero-order valence-corrected chi connectivity index (χ0v) is 17.1. The van der Waals surface area contributed by atoms with Crippen LogP contribution in [0.15, 0.2) is 48.7 Å². The highest BCUT2D eigenvalue weighted by molar-refractivity contribution is 7.19. The van der Waals surface area contributed by atoms with Crippen LogP contribution in [0.3, 0.4) is 0 Å². The smallest absolute Gasteiger partial charge is 0.267 e. The molecule has 2 heterocycles. The third-order valence-electron chi connectivity index (χ3n) is 4.91. The Hall–Kier alpha value is -3.12. The van der Waals surface area contributed by atoms with E-state index in [4.69, 9.17) is 9.72 Å². The summed E-state index contributed by atoms with van der Waals surface area (Å²) < 4.78 is 7.18. The molecular weight excluding hydrogens is 370 g/mol. The molecule has 0 bridgehead atoms. The first-order valence-corrected chi connectivity index (χ1v) is 9.79. The number of aromatic nitrogens is 2. The monoisotopic (exact) mass is 391 g/mol. The van der Waals surface area contributed by atoms with Gasteiger partial charge < -0.3 is 10.1 Å². The highest BCUT2D eigenvalue weighted by Crippen LogP contribution is 2.28. The number of fused-ring (bicyclic) bond motifs is 1. The molecule has 0 atom stereocenters. The van der Waals surface area contributed by atoms with Crippen LogP contribution in [0.25, 0.3) is 16.2 Å². The van der Waals surface area contributed by atoms with Gasteiger partial charge in [0.1, 0.15) is 10.6 Å². The minimum absolute atomic E-state index is 0.109. The van der Waals surface area contributed by atoms with E-state index in [0.717, 1.165) is 38.9 Å². The number of carbonyl (C=O) groups excluding carboxylic acids is 1. The van der Waals surface area contributed by atoms with Crippen LogP contribution >= 0.6 is 11.3 Å². The first-order chi connectivity index (χ1) is 13.5. The van der Waals surface area contributed by atoms with E-state index in [9.17, 15) is 4.79 Å². The Labute approximate surface area is 167 Å². The zero-order chi connectivity index (χ0) is 19.8. The fourth-order valence-corrected chi connectivity index (χ4v) is 4.07.